The van der Waals surface area contributed by atoms with Crippen LogP contribution in [0.25, 0.3) is 0 Å². The molecular formula is C17H26BrFN2. The van der Waals surface area contributed by atoms with Gasteiger partial charge in [-0.1, -0.05) is 39.3 Å². The van der Waals surface area contributed by atoms with Gasteiger partial charge in [-0.15, -0.1) is 0 Å². The van der Waals surface area contributed by atoms with Crippen LogP contribution in [0.15, 0.2) is 22.7 Å². The molecule has 0 aliphatic carbocycles. The highest BCUT2D eigenvalue weighted by Crippen LogP contribution is 2.25. The first-order valence-corrected chi connectivity index (χ1v) is 8.76. The lowest BCUT2D eigenvalue weighted by Gasteiger charge is -2.42. The highest BCUT2D eigenvalue weighted by molar-refractivity contribution is 9.10. The van der Waals surface area contributed by atoms with Crippen LogP contribution in [0.5, 0.6) is 0 Å². The molecule has 3 atom stereocenters. The first kappa shape index (κ1) is 16.9. The fourth-order valence-corrected chi connectivity index (χ4v) is 3.42. The molecule has 1 N–H and O–H groups in total. The van der Waals surface area contributed by atoms with Crippen LogP contribution in [0.2, 0.25) is 0 Å². The van der Waals surface area contributed by atoms with Gasteiger partial charge >= 0.3 is 0 Å². The van der Waals surface area contributed by atoms with E-state index < -0.39 is 0 Å². The molecule has 1 heterocycles. The minimum absolute atomic E-state index is 0.172. The smallest absolute Gasteiger partial charge is 0.137 e. The van der Waals surface area contributed by atoms with Gasteiger partial charge in [0.15, 0.2) is 0 Å². The van der Waals surface area contributed by atoms with Gasteiger partial charge in [0.05, 0.1) is 4.47 Å². The van der Waals surface area contributed by atoms with Crippen LogP contribution in [0, 0.1) is 11.7 Å². The number of benzene rings is 1. The zero-order chi connectivity index (χ0) is 15.4. The summed E-state index contributed by atoms with van der Waals surface area (Å²) < 4.78 is 14.3. The molecule has 2 rings (SSSR count). The zero-order valence-electron chi connectivity index (χ0n) is 13.2. The molecule has 1 aliphatic heterocycles. The van der Waals surface area contributed by atoms with Gasteiger partial charge in [-0.05, 0) is 39.9 Å². The molecule has 0 radical (unpaired) electrons. The van der Waals surface area contributed by atoms with Crippen molar-refractivity contribution < 1.29 is 4.39 Å². The molecular weight excluding hydrogens is 331 g/mol. The SMILES string of the molecule is CCC(C)C1CN(Cc2cccc(F)c2Br)C(CC)CN1. The number of piperazine rings is 1. The van der Waals surface area contributed by atoms with E-state index in [1.54, 1.807) is 6.07 Å². The van der Waals surface area contributed by atoms with Crippen LogP contribution in [0.3, 0.4) is 0 Å². The van der Waals surface area contributed by atoms with E-state index in [0.29, 0.717) is 22.5 Å². The van der Waals surface area contributed by atoms with Crippen molar-refractivity contribution in [3.63, 3.8) is 0 Å². The van der Waals surface area contributed by atoms with E-state index in [1.807, 2.05) is 6.07 Å². The third-order valence-corrected chi connectivity index (χ3v) is 5.66. The molecule has 1 fully saturated rings. The zero-order valence-corrected chi connectivity index (χ0v) is 14.8. The highest BCUT2D eigenvalue weighted by Gasteiger charge is 2.29. The van der Waals surface area contributed by atoms with Gasteiger partial charge in [0.2, 0.25) is 0 Å². The highest BCUT2D eigenvalue weighted by atomic mass is 79.9. The largest absolute Gasteiger partial charge is 0.311 e. The first-order chi connectivity index (χ1) is 10.1. The van der Waals surface area contributed by atoms with Gasteiger partial charge in [-0.3, -0.25) is 4.90 Å². The van der Waals surface area contributed by atoms with E-state index >= 15 is 0 Å². The Bertz CT molecular complexity index is 466. The van der Waals surface area contributed by atoms with Crippen molar-refractivity contribution in [3.8, 4) is 0 Å². The molecule has 3 unspecified atom stereocenters. The second-order valence-electron chi connectivity index (χ2n) is 6.10. The van der Waals surface area contributed by atoms with Crippen molar-refractivity contribution in [2.75, 3.05) is 13.1 Å². The second-order valence-corrected chi connectivity index (χ2v) is 6.90. The predicted octanol–water partition coefficient (Wildman–Crippen LogP) is 4.19. The molecule has 21 heavy (non-hydrogen) atoms. The Kier molecular flexibility index (Phi) is 6.20. The summed E-state index contributed by atoms with van der Waals surface area (Å²) in [6.45, 7) is 9.65. The topological polar surface area (TPSA) is 15.3 Å². The van der Waals surface area contributed by atoms with Gasteiger partial charge in [0, 0.05) is 31.7 Å². The predicted molar refractivity (Wildman–Crippen MR) is 89.8 cm³/mol. The van der Waals surface area contributed by atoms with Crippen molar-refractivity contribution in [2.45, 2.75) is 52.2 Å². The second kappa shape index (κ2) is 7.70. The average Bonchev–Trinajstić information content (AvgIpc) is 2.51. The number of nitrogens with one attached hydrogen (secondary N) is 1. The molecule has 0 aromatic heterocycles. The Morgan fingerprint density at radius 3 is 2.86 bits per heavy atom. The van der Waals surface area contributed by atoms with Crippen LogP contribution in [0.4, 0.5) is 4.39 Å². The van der Waals surface area contributed by atoms with E-state index in [2.05, 4.69) is 46.9 Å². The molecule has 118 valence electrons. The van der Waals surface area contributed by atoms with Crippen molar-refractivity contribution in [1.82, 2.24) is 10.2 Å². The lowest BCUT2D eigenvalue weighted by molar-refractivity contribution is 0.0990. The molecule has 1 aromatic rings. The van der Waals surface area contributed by atoms with Crippen LogP contribution in [0.1, 0.15) is 39.2 Å². The average molecular weight is 357 g/mol. The maximum atomic E-state index is 13.7. The molecule has 0 spiro atoms. The van der Waals surface area contributed by atoms with E-state index in [9.17, 15) is 4.39 Å². The molecule has 0 saturated carbocycles. The number of rotatable bonds is 5. The number of nitrogens with zero attached hydrogens (tertiary/aromatic N) is 1. The fraction of sp³-hybridized carbons (Fsp3) is 0.647. The molecule has 1 aliphatic rings. The summed E-state index contributed by atoms with van der Waals surface area (Å²) in [7, 11) is 0. The Hall–Kier alpha value is -0.450. The molecule has 0 bridgehead atoms. The third-order valence-electron chi connectivity index (χ3n) is 4.77. The van der Waals surface area contributed by atoms with Crippen molar-refractivity contribution in [3.05, 3.63) is 34.1 Å². The summed E-state index contributed by atoms with van der Waals surface area (Å²) in [6, 6.07) is 6.38. The summed E-state index contributed by atoms with van der Waals surface area (Å²) in [4.78, 5) is 2.51. The van der Waals surface area contributed by atoms with Crippen molar-refractivity contribution in [2.24, 2.45) is 5.92 Å². The van der Waals surface area contributed by atoms with Gasteiger partial charge in [-0.2, -0.15) is 0 Å². The minimum atomic E-state index is -0.172. The van der Waals surface area contributed by atoms with Gasteiger partial charge in [0.25, 0.3) is 0 Å². The van der Waals surface area contributed by atoms with Gasteiger partial charge in [0.1, 0.15) is 5.82 Å². The summed E-state index contributed by atoms with van der Waals surface area (Å²) in [5.74, 6) is 0.496. The van der Waals surface area contributed by atoms with E-state index in [0.717, 1.165) is 31.6 Å². The Balaban J connectivity index is 2.12. The van der Waals surface area contributed by atoms with Crippen LogP contribution in [-0.2, 0) is 6.54 Å². The fourth-order valence-electron chi connectivity index (χ4n) is 3.03. The summed E-state index contributed by atoms with van der Waals surface area (Å²) >= 11 is 3.39. The maximum absolute atomic E-state index is 13.7. The van der Waals surface area contributed by atoms with E-state index in [-0.39, 0.29) is 5.82 Å². The number of hydrogen-bond acceptors (Lipinski definition) is 2. The maximum Gasteiger partial charge on any atom is 0.137 e. The normalized spacial score (nSPS) is 25.0. The first-order valence-electron chi connectivity index (χ1n) is 7.97. The molecule has 1 aromatic carbocycles. The van der Waals surface area contributed by atoms with Gasteiger partial charge < -0.3 is 5.32 Å². The number of halogens is 2. The van der Waals surface area contributed by atoms with E-state index in [4.69, 9.17) is 0 Å². The number of hydrogen-bond donors (Lipinski definition) is 1. The van der Waals surface area contributed by atoms with Crippen molar-refractivity contribution in [1.29, 1.82) is 0 Å². The van der Waals surface area contributed by atoms with Gasteiger partial charge in [-0.25, -0.2) is 4.39 Å². The Labute approximate surface area is 136 Å². The van der Waals surface area contributed by atoms with Crippen LogP contribution >= 0.6 is 15.9 Å². The molecule has 0 amide bonds. The monoisotopic (exact) mass is 356 g/mol. The lowest BCUT2D eigenvalue weighted by Crippen LogP contribution is -2.57. The molecule has 2 nitrogen and oxygen atoms in total. The van der Waals surface area contributed by atoms with Crippen LogP contribution in [-0.4, -0.2) is 30.1 Å². The summed E-state index contributed by atoms with van der Waals surface area (Å²) in [5, 5.41) is 3.69. The van der Waals surface area contributed by atoms with Crippen LogP contribution < -0.4 is 5.32 Å². The lowest BCUT2D eigenvalue weighted by atomic mass is 9.94. The summed E-state index contributed by atoms with van der Waals surface area (Å²) in [6.07, 6.45) is 2.30. The molecule has 4 heteroatoms. The van der Waals surface area contributed by atoms with Crippen molar-refractivity contribution >= 4 is 15.9 Å². The third kappa shape index (κ3) is 4.05. The summed E-state index contributed by atoms with van der Waals surface area (Å²) in [5.41, 5.74) is 1.04. The Morgan fingerprint density at radius 1 is 1.43 bits per heavy atom. The molecule has 1 saturated heterocycles. The van der Waals surface area contributed by atoms with E-state index in [1.165, 1.54) is 12.5 Å². The quantitative estimate of drug-likeness (QED) is 0.850. The Morgan fingerprint density at radius 2 is 2.19 bits per heavy atom. The minimum Gasteiger partial charge on any atom is -0.311 e. The standard InChI is InChI=1S/C17H26BrFN2/c1-4-12(3)16-11-21(14(5-2)9-20-16)10-13-7-6-8-15(19)17(13)18/h6-8,12,14,16,20H,4-5,9-11H2,1-3H3.